The molecule has 1 aromatic carbocycles. The number of nitrogens with zero attached hydrogens (tertiary/aromatic N) is 1. The Kier molecular flexibility index (Phi) is 6.18. The standard InChI is InChI=1S/C15H21ClN2O3/c1-3-15(4-2,10-17)14(21)18(9-13(19)20)12-7-5-6-11(16)8-12/h5-8H,3-4,9-10,17H2,1-2H3,(H,19,20). The lowest BCUT2D eigenvalue weighted by molar-refractivity contribution is -0.138. The first-order chi connectivity index (χ1) is 9.90. The molecule has 1 aromatic rings. The zero-order valence-corrected chi connectivity index (χ0v) is 13.1. The molecule has 0 unspecified atom stereocenters. The molecule has 1 amide bonds. The van der Waals surface area contributed by atoms with Gasteiger partial charge in [-0.05, 0) is 31.0 Å². The Bertz CT molecular complexity index is 507. The first-order valence-corrected chi connectivity index (χ1v) is 7.27. The van der Waals surface area contributed by atoms with Crippen molar-refractivity contribution in [2.24, 2.45) is 11.1 Å². The Morgan fingerprint density at radius 2 is 1.95 bits per heavy atom. The van der Waals surface area contributed by atoms with Crippen molar-refractivity contribution in [3.05, 3.63) is 29.3 Å². The maximum Gasteiger partial charge on any atom is 0.323 e. The number of carbonyl (C=O) groups excluding carboxylic acids is 1. The molecule has 0 fully saturated rings. The van der Waals surface area contributed by atoms with Crippen molar-refractivity contribution >= 4 is 29.2 Å². The van der Waals surface area contributed by atoms with E-state index in [4.69, 9.17) is 22.4 Å². The Hall–Kier alpha value is -1.59. The van der Waals surface area contributed by atoms with Crippen molar-refractivity contribution in [1.82, 2.24) is 0 Å². The number of anilines is 1. The number of hydrogen-bond acceptors (Lipinski definition) is 3. The van der Waals surface area contributed by atoms with E-state index in [9.17, 15) is 9.59 Å². The highest BCUT2D eigenvalue weighted by molar-refractivity contribution is 6.31. The predicted octanol–water partition coefficient (Wildman–Crippen LogP) is 2.52. The average Bonchev–Trinajstić information content (AvgIpc) is 2.47. The molecule has 3 N–H and O–H groups in total. The third-order valence-corrected chi connectivity index (χ3v) is 4.09. The van der Waals surface area contributed by atoms with Crippen LogP contribution in [-0.2, 0) is 9.59 Å². The summed E-state index contributed by atoms with van der Waals surface area (Å²) in [6.07, 6.45) is 1.10. The number of halogens is 1. The van der Waals surface area contributed by atoms with Crippen molar-refractivity contribution in [3.8, 4) is 0 Å². The van der Waals surface area contributed by atoms with Gasteiger partial charge < -0.3 is 15.7 Å². The quantitative estimate of drug-likeness (QED) is 0.810. The van der Waals surface area contributed by atoms with Gasteiger partial charge in [0.1, 0.15) is 6.54 Å². The first kappa shape index (κ1) is 17.5. The minimum absolute atomic E-state index is 0.176. The smallest absolute Gasteiger partial charge is 0.323 e. The maximum atomic E-state index is 12.8. The largest absolute Gasteiger partial charge is 0.480 e. The highest BCUT2D eigenvalue weighted by Gasteiger charge is 2.38. The molecule has 5 nitrogen and oxygen atoms in total. The number of amides is 1. The second kappa shape index (κ2) is 7.43. The summed E-state index contributed by atoms with van der Waals surface area (Å²) in [5.41, 5.74) is 5.50. The summed E-state index contributed by atoms with van der Waals surface area (Å²) in [6.45, 7) is 3.52. The molecule has 0 aliphatic rings. The number of carboxylic acid groups (broad SMARTS) is 1. The zero-order chi connectivity index (χ0) is 16.0. The van der Waals surface area contributed by atoms with Crippen molar-refractivity contribution in [2.45, 2.75) is 26.7 Å². The molecular weight excluding hydrogens is 292 g/mol. The number of rotatable bonds is 7. The Morgan fingerprint density at radius 3 is 2.38 bits per heavy atom. The maximum absolute atomic E-state index is 12.8. The first-order valence-electron chi connectivity index (χ1n) is 6.89. The van der Waals surface area contributed by atoms with E-state index in [2.05, 4.69) is 0 Å². The number of hydrogen-bond donors (Lipinski definition) is 2. The minimum Gasteiger partial charge on any atom is -0.480 e. The zero-order valence-electron chi connectivity index (χ0n) is 12.3. The molecule has 116 valence electrons. The van der Waals surface area contributed by atoms with Crippen molar-refractivity contribution in [2.75, 3.05) is 18.0 Å². The van der Waals surface area contributed by atoms with Gasteiger partial charge in [-0.15, -0.1) is 0 Å². The van der Waals surface area contributed by atoms with E-state index in [1.807, 2.05) is 13.8 Å². The summed E-state index contributed by atoms with van der Waals surface area (Å²) in [6, 6.07) is 6.60. The number of aliphatic carboxylic acids is 1. The lowest BCUT2D eigenvalue weighted by atomic mass is 9.80. The second-order valence-corrected chi connectivity index (χ2v) is 5.39. The molecule has 6 heteroatoms. The van der Waals surface area contributed by atoms with Gasteiger partial charge in [0.05, 0.1) is 5.41 Å². The molecule has 0 heterocycles. The van der Waals surface area contributed by atoms with Crippen LogP contribution in [0.3, 0.4) is 0 Å². The van der Waals surface area contributed by atoms with Crippen molar-refractivity contribution < 1.29 is 14.7 Å². The molecule has 0 aliphatic carbocycles. The fraction of sp³-hybridized carbons (Fsp3) is 0.467. The number of nitrogens with two attached hydrogens (primary N) is 1. The van der Waals surface area contributed by atoms with E-state index in [0.717, 1.165) is 0 Å². The van der Waals surface area contributed by atoms with E-state index < -0.39 is 17.9 Å². The van der Waals surface area contributed by atoms with Gasteiger partial charge in [0.25, 0.3) is 0 Å². The lowest BCUT2D eigenvalue weighted by Crippen LogP contribution is -2.49. The SMILES string of the molecule is CCC(CC)(CN)C(=O)N(CC(=O)O)c1cccc(Cl)c1. The molecule has 0 aromatic heterocycles. The van der Waals surface area contributed by atoms with Crippen molar-refractivity contribution in [3.63, 3.8) is 0 Å². The van der Waals surface area contributed by atoms with E-state index >= 15 is 0 Å². The van der Waals surface area contributed by atoms with Gasteiger partial charge in [-0.25, -0.2) is 0 Å². The van der Waals surface area contributed by atoms with E-state index in [0.29, 0.717) is 23.6 Å². The monoisotopic (exact) mass is 312 g/mol. The molecule has 0 bridgehead atoms. The van der Waals surface area contributed by atoms with Crippen LogP contribution in [0.4, 0.5) is 5.69 Å². The van der Waals surface area contributed by atoms with E-state index in [1.54, 1.807) is 24.3 Å². The summed E-state index contributed by atoms with van der Waals surface area (Å²) < 4.78 is 0. The molecule has 0 aliphatic heterocycles. The number of carbonyl (C=O) groups is 2. The third kappa shape index (κ3) is 3.95. The van der Waals surface area contributed by atoms with Gasteiger partial charge in [-0.1, -0.05) is 31.5 Å². The van der Waals surface area contributed by atoms with Crippen molar-refractivity contribution in [1.29, 1.82) is 0 Å². The molecular formula is C15H21ClN2O3. The molecule has 0 spiro atoms. The highest BCUT2D eigenvalue weighted by atomic mass is 35.5. The summed E-state index contributed by atoms with van der Waals surface area (Å²) in [4.78, 5) is 25.2. The lowest BCUT2D eigenvalue weighted by Gasteiger charge is -2.34. The third-order valence-electron chi connectivity index (χ3n) is 3.86. The minimum atomic E-state index is -1.08. The Labute approximate surface area is 129 Å². The fourth-order valence-electron chi connectivity index (χ4n) is 2.27. The molecule has 1 rings (SSSR count). The van der Waals surface area contributed by atoms with E-state index in [-0.39, 0.29) is 12.5 Å². The van der Waals surface area contributed by atoms with Crippen LogP contribution in [-0.4, -0.2) is 30.1 Å². The number of benzene rings is 1. The molecule has 0 radical (unpaired) electrons. The Balaban J connectivity index is 3.25. The summed E-state index contributed by atoms with van der Waals surface area (Å²) >= 11 is 5.94. The van der Waals surface area contributed by atoms with Crippen LogP contribution in [0.15, 0.2) is 24.3 Å². The number of carboxylic acids is 1. The van der Waals surface area contributed by atoms with E-state index in [1.165, 1.54) is 4.90 Å². The van der Waals surface area contributed by atoms with Crippen LogP contribution in [0.5, 0.6) is 0 Å². The van der Waals surface area contributed by atoms with Gasteiger partial charge >= 0.3 is 5.97 Å². The van der Waals surface area contributed by atoms with Crippen LogP contribution < -0.4 is 10.6 Å². The summed E-state index contributed by atoms with van der Waals surface area (Å²) in [7, 11) is 0. The van der Waals surface area contributed by atoms with Gasteiger partial charge in [0, 0.05) is 17.3 Å². The highest BCUT2D eigenvalue weighted by Crippen LogP contribution is 2.31. The topological polar surface area (TPSA) is 83.6 Å². The second-order valence-electron chi connectivity index (χ2n) is 4.96. The van der Waals surface area contributed by atoms with Gasteiger partial charge in [-0.2, -0.15) is 0 Å². The predicted molar refractivity (Wildman–Crippen MR) is 83.5 cm³/mol. The summed E-state index contributed by atoms with van der Waals surface area (Å²) in [5.74, 6) is -1.36. The Morgan fingerprint density at radius 1 is 1.33 bits per heavy atom. The molecule has 0 atom stereocenters. The van der Waals surface area contributed by atoms with Gasteiger partial charge in [-0.3, -0.25) is 9.59 Å². The van der Waals surface area contributed by atoms with Crippen LogP contribution in [0.2, 0.25) is 5.02 Å². The average molecular weight is 313 g/mol. The van der Waals surface area contributed by atoms with Crippen LogP contribution in [0.1, 0.15) is 26.7 Å². The van der Waals surface area contributed by atoms with Gasteiger partial charge in [0.15, 0.2) is 0 Å². The molecule has 21 heavy (non-hydrogen) atoms. The van der Waals surface area contributed by atoms with Crippen LogP contribution in [0, 0.1) is 5.41 Å². The molecule has 0 saturated heterocycles. The van der Waals surface area contributed by atoms with Gasteiger partial charge in [0.2, 0.25) is 5.91 Å². The normalized spacial score (nSPS) is 11.2. The fourth-order valence-corrected chi connectivity index (χ4v) is 2.46. The van der Waals surface area contributed by atoms with Crippen LogP contribution in [0.25, 0.3) is 0 Å². The van der Waals surface area contributed by atoms with Crippen LogP contribution >= 0.6 is 11.6 Å². The molecule has 0 saturated carbocycles. The summed E-state index contributed by atoms with van der Waals surface area (Å²) in [5, 5.41) is 9.54.